The summed E-state index contributed by atoms with van der Waals surface area (Å²) < 4.78 is 10.7. The number of methoxy groups -OCH3 is 2. The standard InChI is InChI=1S/C7H8BrNO2/c1-10-5-3-4-9-7(11-2)6(5)8/h3-4H,1-2H3. The maximum absolute atomic E-state index is 5.02. The van der Waals surface area contributed by atoms with Gasteiger partial charge in [0.15, 0.2) is 0 Å². The molecule has 1 aromatic heterocycles. The van der Waals surface area contributed by atoms with Crippen LogP contribution in [0.5, 0.6) is 11.6 Å². The van der Waals surface area contributed by atoms with Crippen LogP contribution in [-0.4, -0.2) is 19.2 Å². The van der Waals surface area contributed by atoms with Crippen LogP contribution in [0.4, 0.5) is 0 Å². The zero-order valence-electron chi connectivity index (χ0n) is 6.30. The van der Waals surface area contributed by atoms with Crippen LogP contribution in [0, 0.1) is 0 Å². The van der Waals surface area contributed by atoms with Gasteiger partial charge in [-0.25, -0.2) is 4.98 Å². The number of rotatable bonds is 2. The van der Waals surface area contributed by atoms with Gasteiger partial charge < -0.3 is 9.47 Å². The highest BCUT2D eigenvalue weighted by Gasteiger charge is 2.05. The Morgan fingerprint density at radius 3 is 2.64 bits per heavy atom. The summed E-state index contributed by atoms with van der Waals surface area (Å²) in [6.07, 6.45) is 1.63. The van der Waals surface area contributed by atoms with Gasteiger partial charge in [-0.15, -0.1) is 0 Å². The first-order valence-electron chi connectivity index (χ1n) is 3.02. The van der Waals surface area contributed by atoms with E-state index in [0.29, 0.717) is 5.88 Å². The van der Waals surface area contributed by atoms with Crippen molar-refractivity contribution in [3.05, 3.63) is 16.7 Å². The van der Waals surface area contributed by atoms with Crippen molar-refractivity contribution in [3.8, 4) is 11.6 Å². The van der Waals surface area contributed by atoms with Crippen LogP contribution in [0.2, 0.25) is 0 Å². The smallest absolute Gasteiger partial charge is 0.231 e. The average Bonchev–Trinajstić information content (AvgIpc) is 2.05. The van der Waals surface area contributed by atoms with Gasteiger partial charge in [0.2, 0.25) is 5.88 Å². The third-order valence-corrected chi connectivity index (χ3v) is 1.97. The fraction of sp³-hybridized carbons (Fsp3) is 0.286. The molecule has 3 nitrogen and oxygen atoms in total. The summed E-state index contributed by atoms with van der Waals surface area (Å²) in [4.78, 5) is 3.96. The number of pyridine rings is 1. The minimum atomic E-state index is 0.532. The number of hydrogen-bond acceptors (Lipinski definition) is 3. The average molecular weight is 218 g/mol. The van der Waals surface area contributed by atoms with Gasteiger partial charge in [0.1, 0.15) is 10.2 Å². The van der Waals surface area contributed by atoms with Gasteiger partial charge in [-0.2, -0.15) is 0 Å². The lowest BCUT2D eigenvalue weighted by atomic mass is 10.4. The molecule has 0 fully saturated rings. The molecule has 60 valence electrons. The van der Waals surface area contributed by atoms with E-state index in [1.165, 1.54) is 0 Å². The quantitative estimate of drug-likeness (QED) is 0.759. The van der Waals surface area contributed by atoms with Crippen molar-refractivity contribution < 1.29 is 9.47 Å². The molecule has 1 heterocycles. The van der Waals surface area contributed by atoms with E-state index in [9.17, 15) is 0 Å². The maximum Gasteiger partial charge on any atom is 0.231 e. The topological polar surface area (TPSA) is 31.4 Å². The summed E-state index contributed by atoms with van der Waals surface area (Å²) in [7, 11) is 3.16. The van der Waals surface area contributed by atoms with Crippen molar-refractivity contribution in [2.75, 3.05) is 14.2 Å². The summed E-state index contributed by atoms with van der Waals surface area (Å²) in [5.74, 6) is 1.25. The Kier molecular flexibility index (Phi) is 2.70. The largest absolute Gasteiger partial charge is 0.495 e. The minimum absolute atomic E-state index is 0.532. The second-order valence-corrected chi connectivity index (χ2v) is 2.63. The van der Waals surface area contributed by atoms with Gasteiger partial charge in [0.25, 0.3) is 0 Å². The van der Waals surface area contributed by atoms with Gasteiger partial charge in [-0.1, -0.05) is 0 Å². The highest BCUT2D eigenvalue weighted by Crippen LogP contribution is 2.31. The Hall–Kier alpha value is -0.770. The van der Waals surface area contributed by atoms with Gasteiger partial charge in [0, 0.05) is 6.20 Å². The van der Waals surface area contributed by atoms with Gasteiger partial charge in [0.05, 0.1) is 14.2 Å². The summed E-state index contributed by atoms with van der Waals surface area (Å²) in [5.41, 5.74) is 0. The lowest BCUT2D eigenvalue weighted by Crippen LogP contribution is -1.91. The minimum Gasteiger partial charge on any atom is -0.495 e. The van der Waals surface area contributed by atoms with Crippen LogP contribution in [0.1, 0.15) is 0 Å². The molecular weight excluding hydrogens is 210 g/mol. The Bertz CT molecular complexity index is 230. The molecule has 0 bridgehead atoms. The second kappa shape index (κ2) is 3.57. The van der Waals surface area contributed by atoms with E-state index in [0.717, 1.165) is 10.2 Å². The fourth-order valence-electron chi connectivity index (χ4n) is 0.708. The molecule has 0 aromatic carbocycles. The van der Waals surface area contributed by atoms with Crippen molar-refractivity contribution in [2.45, 2.75) is 0 Å². The van der Waals surface area contributed by atoms with Crippen molar-refractivity contribution in [1.82, 2.24) is 4.98 Å². The molecule has 0 unspecified atom stereocenters. The molecule has 4 heteroatoms. The lowest BCUT2D eigenvalue weighted by molar-refractivity contribution is 0.377. The molecule has 0 N–H and O–H groups in total. The number of hydrogen-bond donors (Lipinski definition) is 0. The predicted molar refractivity (Wildman–Crippen MR) is 45.0 cm³/mol. The first-order valence-corrected chi connectivity index (χ1v) is 3.81. The molecule has 0 atom stereocenters. The number of halogens is 1. The molecule has 0 saturated carbocycles. The third-order valence-electron chi connectivity index (χ3n) is 1.24. The van der Waals surface area contributed by atoms with E-state index in [1.807, 2.05) is 0 Å². The number of ether oxygens (including phenoxy) is 2. The van der Waals surface area contributed by atoms with Crippen LogP contribution >= 0.6 is 15.9 Å². The Morgan fingerprint density at radius 1 is 1.36 bits per heavy atom. The van der Waals surface area contributed by atoms with E-state index >= 15 is 0 Å². The van der Waals surface area contributed by atoms with Crippen molar-refractivity contribution in [2.24, 2.45) is 0 Å². The molecule has 1 aromatic rings. The molecule has 0 aliphatic carbocycles. The summed E-state index contributed by atoms with van der Waals surface area (Å²) in [6, 6.07) is 1.76. The van der Waals surface area contributed by atoms with E-state index in [-0.39, 0.29) is 0 Å². The number of aromatic nitrogens is 1. The SMILES string of the molecule is COc1ccnc(OC)c1Br. The third kappa shape index (κ3) is 1.63. The first-order chi connectivity index (χ1) is 5.29. The molecule has 1 rings (SSSR count). The molecule has 11 heavy (non-hydrogen) atoms. The van der Waals surface area contributed by atoms with E-state index in [4.69, 9.17) is 9.47 Å². The van der Waals surface area contributed by atoms with Crippen LogP contribution in [0.25, 0.3) is 0 Å². The fourth-order valence-corrected chi connectivity index (χ4v) is 1.27. The van der Waals surface area contributed by atoms with Crippen molar-refractivity contribution in [1.29, 1.82) is 0 Å². The van der Waals surface area contributed by atoms with E-state index in [1.54, 1.807) is 26.5 Å². The van der Waals surface area contributed by atoms with Gasteiger partial charge >= 0.3 is 0 Å². The normalized spacial score (nSPS) is 9.36. The Labute approximate surface area is 73.5 Å². The van der Waals surface area contributed by atoms with Crippen LogP contribution in [-0.2, 0) is 0 Å². The highest BCUT2D eigenvalue weighted by atomic mass is 79.9. The van der Waals surface area contributed by atoms with E-state index < -0.39 is 0 Å². The molecular formula is C7H8BrNO2. The van der Waals surface area contributed by atoms with Gasteiger partial charge in [-0.05, 0) is 22.0 Å². The number of nitrogens with zero attached hydrogens (tertiary/aromatic N) is 1. The van der Waals surface area contributed by atoms with Gasteiger partial charge in [-0.3, -0.25) is 0 Å². The zero-order valence-corrected chi connectivity index (χ0v) is 7.88. The van der Waals surface area contributed by atoms with Crippen LogP contribution in [0.3, 0.4) is 0 Å². The van der Waals surface area contributed by atoms with Crippen LogP contribution in [0.15, 0.2) is 16.7 Å². The first kappa shape index (κ1) is 8.33. The molecule has 0 radical (unpaired) electrons. The van der Waals surface area contributed by atoms with Crippen molar-refractivity contribution in [3.63, 3.8) is 0 Å². The van der Waals surface area contributed by atoms with Crippen LogP contribution < -0.4 is 9.47 Å². The summed E-state index contributed by atoms with van der Waals surface area (Å²) in [5, 5.41) is 0. The highest BCUT2D eigenvalue weighted by molar-refractivity contribution is 9.10. The zero-order chi connectivity index (χ0) is 8.27. The summed E-state index contributed by atoms with van der Waals surface area (Å²) >= 11 is 3.29. The molecule has 0 amide bonds. The van der Waals surface area contributed by atoms with Crippen molar-refractivity contribution >= 4 is 15.9 Å². The maximum atomic E-state index is 5.02. The molecule has 0 saturated heterocycles. The Morgan fingerprint density at radius 2 is 2.09 bits per heavy atom. The molecule has 0 spiro atoms. The second-order valence-electron chi connectivity index (χ2n) is 1.84. The Balaban J connectivity index is 3.10. The molecule has 0 aliphatic rings. The predicted octanol–water partition coefficient (Wildman–Crippen LogP) is 1.86. The lowest BCUT2D eigenvalue weighted by Gasteiger charge is -2.05. The molecule has 0 aliphatic heterocycles. The van der Waals surface area contributed by atoms with E-state index in [2.05, 4.69) is 20.9 Å². The summed E-state index contributed by atoms with van der Waals surface area (Å²) in [6.45, 7) is 0. The monoisotopic (exact) mass is 217 g/mol.